The van der Waals surface area contributed by atoms with Gasteiger partial charge in [-0.05, 0) is 32.9 Å². The molecule has 1 N–H and O–H groups in total. The molecule has 0 saturated heterocycles. The first kappa shape index (κ1) is 20.9. The molecule has 0 aliphatic heterocycles. The van der Waals surface area contributed by atoms with Gasteiger partial charge in [-0.25, -0.2) is 4.79 Å². The second kappa shape index (κ2) is 8.98. The van der Waals surface area contributed by atoms with E-state index in [4.69, 9.17) is 9.47 Å². The second-order valence-corrected chi connectivity index (χ2v) is 6.19. The Bertz CT molecular complexity index is 910. The van der Waals surface area contributed by atoms with Gasteiger partial charge in [0, 0.05) is 23.3 Å². The predicted molar refractivity (Wildman–Crippen MR) is 103 cm³/mol. The van der Waals surface area contributed by atoms with Crippen molar-refractivity contribution >= 4 is 17.6 Å². The fourth-order valence-electron chi connectivity index (χ4n) is 2.73. The van der Waals surface area contributed by atoms with Gasteiger partial charge >= 0.3 is 5.97 Å². The lowest BCUT2D eigenvalue weighted by atomic mass is 10.0. The number of rotatable bonds is 7. The molecule has 0 fully saturated rings. The number of carbonyl (C=O) groups excluding carboxylic acids is 2. The summed E-state index contributed by atoms with van der Waals surface area (Å²) in [6.07, 6.45) is 0. The zero-order chi connectivity index (χ0) is 20.8. The molecule has 1 atom stereocenters. The number of carbonyl (C=O) groups is 2. The van der Waals surface area contributed by atoms with Gasteiger partial charge < -0.3 is 14.8 Å². The van der Waals surface area contributed by atoms with Crippen molar-refractivity contribution in [1.29, 1.82) is 0 Å². The van der Waals surface area contributed by atoms with Crippen molar-refractivity contribution in [3.63, 3.8) is 0 Å². The highest BCUT2D eigenvalue weighted by atomic mass is 16.6. The third-order valence-electron chi connectivity index (χ3n) is 4.10. The molecule has 0 bridgehead atoms. The molecular formula is C20H22N2O6. The molecule has 148 valence electrons. The van der Waals surface area contributed by atoms with Crippen LogP contribution in [0.4, 0.5) is 5.69 Å². The van der Waals surface area contributed by atoms with E-state index in [9.17, 15) is 19.7 Å². The van der Waals surface area contributed by atoms with Crippen molar-refractivity contribution in [1.82, 2.24) is 5.32 Å². The normalized spacial score (nSPS) is 11.4. The minimum Gasteiger partial charge on any atom is -0.496 e. The number of non-ortho nitro benzene ring substituents is 1. The van der Waals surface area contributed by atoms with E-state index in [2.05, 4.69) is 5.32 Å². The monoisotopic (exact) mass is 386 g/mol. The van der Waals surface area contributed by atoms with Crippen LogP contribution in [-0.4, -0.2) is 30.5 Å². The van der Waals surface area contributed by atoms with Crippen LogP contribution >= 0.6 is 0 Å². The summed E-state index contributed by atoms with van der Waals surface area (Å²) in [6, 6.07) is 8.65. The fourth-order valence-corrected chi connectivity index (χ4v) is 2.73. The maximum atomic E-state index is 12.7. The first-order valence-electron chi connectivity index (χ1n) is 8.68. The predicted octanol–water partition coefficient (Wildman–Crippen LogP) is 3.58. The Balaban J connectivity index is 2.34. The molecule has 0 aromatic heterocycles. The first-order valence-corrected chi connectivity index (χ1v) is 8.68. The quantitative estimate of drug-likeness (QED) is 0.443. The van der Waals surface area contributed by atoms with Crippen molar-refractivity contribution in [3.8, 4) is 5.75 Å². The van der Waals surface area contributed by atoms with Crippen LogP contribution in [0.15, 0.2) is 36.4 Å². The zero-order valence-corrected chi connectivity index (χ0v) is 16.1. The third-order valence-corrected chi connectivity index (χ3v) is 4.10. The third kappa shape index (κ3) is 4.85. The van der Waals surface area contributed by atoms with Gasteiger partial charge in [0.05, 0.1) is 30.2 Å². The van der Waals surface area contributed by atoms with Gasteiger partial charge in [0.2, 0.25) is 0 Å². The van der Waals surface area contributed by atoms with E-state index in [0.717, 1.165) is 23.3 Å². The topological polar surface area (TPSA) is 108 Å². The molecule has 1 amide bonds. The number of hydrogen-bond donors (Lipinski definition) is 1. The smallest absolute Gasteiger partial charge is 0.338 e. The molecule has 0 aliphatic rings. The largest absolute Gasteiger partial charge is 0.496 e. The highest BCUT2D eigenvalue weighted by molar-refractivity contribution is 5.99. The lowest BCUT2D eigenvalue weighted by Crippen LogP contribution is -2.27. The Morgan fingerprint density at radius 1 is 1.18 bits per heavy atom. The van der Waals surface area contributed by atoms with Crippen molar-refractivity contribution in [2.75, 3.05) is 13.7 Å². The molecule has 0 aliphatic carbocycles. The average molecular weight is 386 g/mol. The van der Waals surface area contributed by atoms with Gasteiger partial charge in [0.1, 0.15) is 5.75 Å². The van der Waals surface area contributed by atoms with Crippen molar-refractivity contribution < 1.29 is 24.0 Å². The SMILES string of the molecule is CCOC(=O)c1cc(C(=O)N[C@H](C)c2cc(C)ccc2OC)cc([N+](=O)[O-])c1. The molecule has 2 rings (SSSR count). The summed E-state index contributed by atoms with van der Waals surface area (Å²) in [4.78, 5) is 35.2. The number of nitrogens with zero attached hydrogens (tertiary/aromatic N) is 1. The van der Waals surface area contributed by atoms with Crippen molar-refractivity contribution in [2.24, 2.45) is 0 Å². The summed E-state index contributed by atoms with van der Waals surface area (Å²) >= 11 is 0. The highest BCUT2D eigenvalue weighted by Gasteiger charge is 2.21. The number of benzene rings is 2. The van der Waals surface area contributed by atoms with E-state index in [1.54, 1.807) is 19.9 Å². The van der Waals surface area contributed by atoms with Gasteiger partial charge in [0.25, 0.3) is 11.6 Å². The first-order chi connectivity index (χ1) is 13.3. The summed E-state index contributed by atoms with van der Waals surface area (Å²) in [6.45, 7) is 5.44. The number of esters is 1. The van der Waals surface area contributed by atoms with Gasteiger partial charge in [-0.2, -0.15) is 0 Å². The maximum Gasteiger partial charge on any atom is 0.338 e. The summed E-state index contributed by atoms with van der Waals surface area (Å²) in [7, 11) is 1.54. The summed E-state index contributed by atoms with van der Waals surface area (Å²) in [5.74, 6) is -0.663. The summed E-state index contributed by atoms with van der Waals surface area (Å²) in [5.41, 5.74) is 1.35. The molecule has 0 radical (unpaired) electrons. The Morgan fingerprint density at radius 2 is 1.86 bits per heavy atom. The molecule has 8 nitrogen and oxygen atoms in total. The molecule has 8 heteroatoms. The van der Waals surface area contributed by atoms with Crippen molar-refractivity contribution in [3.05, 3.63) is 68.8 Å². The molecular weight excluding hydrogens is 364 g/mol. The van der Waals surface area contributed by atoms with E-state index in [1.165, 1.54) is 13.2 Å². The van der Waals surface area contributed by atoms with E-state index < -0.39 is 22.8 Å². The number of methoxy groups -OCH3 is 1. The lowest BCUT2D eigenvalue weighted by molar-refractivity contribution is -0.384. The number of nitro benzene ring substituents is 1. The number of aryl methyl sites for hydroxylation is 1. The Morgan fingerprint density at radius 3 is 2.46 bits per heavy atom. The van der Waals surface area contributed by atoms with Gasteiger partial charge in [-0.1, -0.05) is 17.7 Å². The molecule has 2 aromatic rings. The molecule has 0 heterocycles. The Labute approximate surface area is 162 Å². The fraction of sp³-hybridized carbons (Fsp3) is 0.300. The van der Waals surface area contributed by atoms with E-state index >= 15 is 0 Å². The minimum absolute atomic E-state index is 0.00396. The Hall–Kier alpha value is -3.42. The standard InChI is InChI=1S/C20H22N2O6/c1-5-28-20(24)15-9-14(10-16(11-15)22(25)26)19(23)21-13(3)17-8-12(2)6-7-18(17)27-4/h6-11,13H,5H2,1-4H3,(H,21,23)/t13-/m1/s1. The number of hydrogen-bond acceptors (Lipinski definition) is 6. The number of amides is 1. The molecule has 0 spiro atoms. The number of nitro groups is 1. The Kier molecular flexibility index (Phi) is 6.70. The second-order valence-electron chi connectivity index (χ2n) is 6.19. The zero-order valence-electron chi connectivity index (χ0n) is 16.1. The van der Waals surface area contributed by atoms with E-state index in [0.29, 0.717) is 5.75 Å². The van der Waals surface area contributed by atoms with Crippen LogP contribution in [0.5, 0.6) is 5.75 Å². The van der Waals surface area contributed by atoms with Crippen LogP contribution in [0.1, 0.15) is 51.7 Å². The van der Waals surface area contributed by atoms with Crippen LogP contribution in [0.3, 0.4) is 0 Å². The number of ether oxygens (including phenoxy) is 2. The van der Waals surface area contributed by atoms with E-state index in [1.807, 2.05) is 19.1 Å². The maximum absolute atomic E-state index is 12.7. The van der Waals surface area contributed by atoms with Gasteiger partial charge in [-0.15, -0.1) is 0 Å². The average Bonchev–Trinajstić information content (AvgIpc) is 2.67. The van der Waals surface area contributed by atoms with Crippen molar-refractivity contribution in [2.45, 2.75) is 26.8 Å². The lowest BCUT2D eigenvalue weighted by Gasteiger charge is -2.18. The van der Waals surface area contributed by atoms with Crippen LogP contribution in [0, 0.1) is 17.0 Å². The van der Waals surface area contributed by atoms with Crippen LogP contribution < -0.4 is 10.1 Å². The molecule has 0 unspecified atom stereocenters. The molecule has 0 saturated carbocycles. The van der Waals surface area contributed by atoms with Gasteiger partial charge in [0.15, 0.2) is 0 Å². The molecule has 2 aromatic carbocycles. The molecule has 28 heavy (non-hydrogen) atoms. The summed E-state index contributed by atoms with van der Waals surface area (Å²) < 4.78 is 10.2. The van der Waals surface area contributed by atoms with Crippen LogP contribution in [-0.2, 0) is 4.74 Å². The van der Waals surface area contributed by atoms with Gasteiger partial charge in [-0.3, -0.25) is 14.9 Å². The van der Waals surface area contributed by atoms with Crippen LogP contribution in [0.25, 0.3) is 0 Å². The minimum atomic E-state index is -0.728. The summed E-state index contributed by atoms with van der Waals surface area (Å²) in [5, 5.41) is 14.0. The number of nitrogens with one attached hydrogen (secondary N) is 1. The van der Waals surface area contributed by atoms with Crippen LogP contribution in [0.2, 0.25) is 0 Å². The van der Waals surface area contributed by atoms with E-state index in [-0.39, 0.29) is 23.4 Å². The highest BCUT2D eigenvalue weighted by Crippen LogP contribution is 2.27.